The summed E-state index contributed by atoms with van der Waals surface area (Å²) in [5, 5.41) is 16.7. The minimum atomic E-state index is -0.704. The molecule has 1 atom stereocenters. The first-order valence-electron chi connectivity index (χ1n) is 6.94. The normalized spacial score (nSPS) is 21.8. The lowest BCUT2D eigenvalue weighted by atomic mass is 9.77. The van der Waals surface area contributed by atoms with Gasteiger partial charge in [0.1, 0.15) is 11.5 Å². The highest BCUT2D eigenvalue weighted by molar-refractivity contribution is 5.97. The van der Waals surface area contributed by atoms with Gasteiger partial charge in [0.25, 0.3) is 5.69 Å². The maximum Gasteiger partial charge on any atom is 0.295 e. The van der Waals surface area contributed by atoms with Crippen molar-refractivity contribution in [3.63, 3.8) is 0 Å². The van der Waals surface area contributed by atoms with Crippen LogP contribution in [0.25, 0.3) is 0 Å². The lowest BCUT2D eigenvalue weighted by molar-refractivity contribution is -0.384. The SMILES string of the molecule is CCC1(C(=O)Nc2ccc(F)cc2[N+](=O)[O-])CCCNC1. The van der Waals surface area contributed by atoms with E-state index >= 15 is 0 Å². The van der Waals surface area contributed by atoms with Crippen LogP contribution in [0.1, 0.15) is 26.2 Å². The maximum absolute atomic E-state index is 13.1. The number of benzene rings is 1. The van der Waals surface area contributed by atoms with Gasteiger partial charge in [0.15, 0.2) is 0 Å². The highest BCUT2D eigenvalue weighted by Gasteiger charge is 2.38. The molecule has 1 aliphatic heterocycles. The van der Waals surface area contributed by atoms with Crippen molar-refractivity contribution in [1.82, 2.24) is 5.32 Å². The number of nitrogens with one attached hydrogen (secondary N) is 2. The summed E-state index contributed by atoms with van der Waals surface area (Å²) >= 11 is 0. The summed E-state index contributed by atoms with van der Waals surface area (Å²) in [6, 6.07) is 3.14. The fourth-order valence-corrected chi connectivity index (χ4v) is 2.64. The molecule has 1 aromatic carbocycles. The third kappa shape index (κ3) is 3.18. The molecule has 0 radical (unpaired) electrons. The smallest absolute Gasteiger partial charge is 0.295 e. The highest BCUT2D eigenvalue weighted by Crippen LogP contribution is 2.33. The Labute approximate surface area is 121 Å². The van der Waals surface area contributed by atoms with Gasteiger partial charge in [-0.3, -0.25) is 14.9 Å². The number of anilines is 1. The van der Waals surface area contributed by atoms with Gasteiger partial charge in [-0.15, -0.1) is 0 Å². The number of piperidine rings is 1. The van der Waals surface area contributed by atoms with Crippen molar-refractivity contribution in [1.29, 1.82) is 0 Å². The first kappa shape index (κ1) is 15.4. The summed E-state index contributed by atoms with van der Waals surface area (Å²) < 4.78 is 13.1. The predicted octanol–water partition coefficient (Wildman–Crippen LogP) is 2.45. The monoisotopic (exact) mass is 295 g/mol. The van der Waals surface area contributed by atoms with E-state index in [1.807, 2.05) is 6.92 Å². The molecule has 1 aliphatic rings. The fourth-order valence-electron chi connectivity index (χ4n) is 2.64. The minimum Gasteiger partial charge on any atom is -0.320 e. The Morgan fingerprint density at radius 1 is 1.57 bits per heavy atom. The van der Waals surface area contributed by atoms with Crippen LogP contribution in [-0.4, -0.2) is 23.9 Å². The van der Waals surface area contributed by atoms with Crippen LogP contribution in [0.2, 0.25) is 0 Å². The summed E-state index contributed by atoms with van der Waals surface area (Å²) in [6.45, 7) is 3.34. The summed E-state index contributed by atoms with van der Waals surface area (Å²) in [5.74, 6) is -0.962. The molecule has 1 unspecified atom stereocenters. The summed E-state index contributed by atoms with van der Waals surface area (Å²) in [5.41, 5.74) is -0.969. The Balaban J connectivity index is 2.24. The van der Waals surface area contributed by atoms with Crippen LogP contribution in [0.15, 0.2) is 18.2 Å². The van der Waals surface area contributed by atoms with Crippen LogP contribution in [-0.2, 0) is 4.79 Å². The molecule has 0 spiro atoms. The van der Waals surface area contributed by atoms with E-state index < -0.39 is 21.8 Å². The van der Waals surface area contributed by atoms with Crippen LogP contribution in [0.3, 0.4) is 0 Å². The van der Waals surface area contributed by atoms with Gasteiger partial charge in [-0.05, 0) is 37.9 Å². The molecule has 2 N–H and O–H groups in total. The molecule has 0 aromatic heterocycles. The zero-order chi connectivity index (χ0) is 15.5. The first-order valence-corrected chi connectivity index (χ1v) is 6.94. The van der Waals surface area contributed by atoms with E-state index in [0.717, 1.165) is 31.5 Å². The fraction of sp³-hybridized carbons (Fsp3) is 0.500. The molecule has 0 saturated carbocycles. The van der Waals surface area contributed by atoms with Gasteiger partial charge in [-0.1, -0.05) is 6.92 Å². The number of carbonyl (C=O) groups is 1. The Kier molecular flexibility index (Phi) is 4.52. The molecular formula is C14H18FN3O3. The lowest BCUT2D eigenvalue weighted by Gasteiger charge is -2.35. The minimum absolute atomic E-state index is 0.0322. The van der Waals surface area contributed by atoms with E-state index in [4.69, 9.17) is 0 Å². The van der Waals surface area contributed by atoms with Gasteiger partial charge in [-0.25, -0.2) is 4.39 Å². The standard InChI is InChI=1S/C14H18FN3O3/c1-2-14(6-3-7-16-9-14)13(19)17-11-5-4-10(15)8-12(11)18(20)21/h4-5,8,16H,2-3,6-7,9H2,1H3,(H,17,19). The topological polar surface area (TPSA) is 84.3 Å². The Morgan fingerprint density at radius 2 is 2.33 bits per heavy atom. The number of nitrogens with zero attached hydrogens (tertiary/aromatic N) is 1. The van der Waals surface area contributed by atoms with Gasteiger partial charge < -0.3 is 10.6 Å². The quantitative estimate of drug-likeness (QED) is 0.660. The molecule has 21 heavy (non-hydrogen) atoms. The molecule has 2 rings (SSSR count). The average Bonchev–Trinajstić information content (AvgIpc) is 2.49. The van der Waals surface area contributed by atoms with Crippen molar-refractivity contribution in [2.45, 2.75) is 26.2 Å². The second-order valence-electron chi connectivity index (χ2n) is 5.29. The second kappa shape index (κ2) is 6.17. The number of hydrogen-bond acceptors (Lipinski definition) is 4. The van der Waals surface area contributed by atoms with Gasteiger partial charge in [0.05, 0.1) is 16.4 Å². The number of nitro groups is 1. The number of hydrogen-bond donors (Lipinski definition) is 2. The van der Waals surface area contributed by atoms with E-state index in [2.05, 4.69) is 10.6 Å². The summed E-state index contributed by atoms with van der Waals surface area (Å²) in [6.07, 6.45) is 2.25. The first-order chi connectivity index (χ1) is 9.98. The van der Waals surface area contributed by atoms with Crippen LogP contribution in [0.4, 0.5) is 15.8 Å². The molecule has 1 fully saturated rings. The van der Waals surface area contributed by atoms with E-state index in [9.17, 15) is 19.3 Å². The van der Waals surface area contributed by atoms with E-state index in [0.29, 0.717) is 13.0 Å². The van der Waals surface area contributed by atoms with Crippen molar-refractivity contribution >= 4 is 17.3 Å². The Morgan fingerprint density at radius 3 is 2.90 bits per heavy atom. The highest BCUT2D eigenvalue weighted by atomic mass is 19.1. The molecule has 1 saturated heterocycles. The third-order valence-electron chi connectivity index (χ3n) is 4.04. The number of amides is 1. The van der Waals surface area contributed by atoms with Crippen molar-refractivity contribution in [3.8, 4) is 0 Å². The largest absolute Gasteiger partial charge is 0.320 e. The second-order valence-corrected chi connectivity index (χ2v) is 5.29. The number of halogens is 1. The van der Waals surface area contributed by atoms with Crippen molar-refractivity contribution in [3.05, 3.63) is 34.1 Å². The summed E-state index contributed by atoms with van der Waals surface area (Å²) in [7, 11) is 0. The van der Waals surface area contributed by atoms with Crippen LogP contribution in [0, 0.1) is 21.3 Å². The summed E-state index contributed by atoms with van der Waals surface area (Å²) in [4.78, 5) is 22.8. The number of nitro benzene ring substituents is 1. The molecule has 1 aromatic rings. The Bertz CT molecular complexity index is 556. The maximum atomic E-state index is 13.1. The van der Waals surface area contributed by atoms with E-state index in [1.54, 1.807) is 0 Å². The predicted molar refractivity (Wildman–Crippen MR) is 76.5 cm³/mol. The van der Waals surface area contributed by atoms with Crippen molar-refractivity contribution < 1.29 is 14.1 Å². The lowest BCUT2D eigenvalue weighted by Crippen LogP contribution is -2.47. The molecule has 0 bridgehead atoms. The van der Waals surface area contributed by atoms with Gasteiger partial charge >= 0.3 is 0 Å². The third-order valence-corrected chi connectivity index (χ3v) is 4.04. The average molecular weight is 295 g/mol. The molecule has 7 heteroatoms. The van der Waals surface area contributed by atoms with Gasteiger partial charge in [0.2, 0.25) is 5.91 Å². The molecule has 1 heterocycles. The molecule has 114 valence electrons. The molecule has 0 aliphatic carbocycles. The van der Waals surface area contributed by atoms with Gasteiger partial charge in [-0.2, -0.15) is 0 Å². The number of carbonyl (C=O) groups excluding carboxylic acids is 1. The van der Waals surface area contributed by atoms with Crippen molar-refractivity contribution in [2.75, 3.05) is 18.4 Å². The van der Waals surface area contributed by atoms with Gasteiger partial charge in [0, 0.05) is 6.54 Å². The molecular weight excluding hydrogens is 277 g/mol. The van der Waals surface area contributed by atoms with E-state index in [-0.39, 0.29) is 11.6 Å². The zero-order valence-corrected chi connectivity index (χ0v) is 11.8. The van der Waals surface area contributed by atoms with E-state index in [1.165, 1.54) is 6.07 Å². The van der Waals surface area contributed by atoms with Crippen LogP contribution >= 0.6 is 0 Å². The van der Waals surface area contributed by atoms with Crippen molar-refractivity contribution in [2.24, 2.45) is 5.41 Å². The van der Waals surface area contributed by atoms with Crippen LogP contribution < -0.4 is 10.6 Å². The molecule has 6 nitrogen and oxygen atoms in total. The van der Waals surface area contributed by atoms with Crippen LogP contribution in [0.5, 0.6) is 0 Å². The number of rotatable bonds is 4. The Hall–Kier alpha value is -2.02. The molecule has 1 amide bonds. The zero-order valence-electron chi connectivity index (χ0n) is 11.8.